The van der Waals surface area contributed by atoms with Crippen LogP contribution in [0.2, 0.25) is 0 Å². The van der Waals surface area contributed by atoms with Crippen LogP contribution in [-0.4, -0.2) is 75.9 Å². The molecular weight excluding hydrogens is 470 g/mol. The van der Waals surface area contributed by atoms with Crippen molar-refractivity contribution < 1.29 is 66.5 Å². The zero-order valence-electron chi connectivity index (χ0n) is 13.6. The molecule has 0 saturated heterocycles. The molecule has 0 saturated carbocycles. The molecule has 0 aromatic heterocycles. The van der Waals surface area contributed by atoms with E-state index in [1.165, 1.54) is 0 Å². The van der Waals surface area contributed by atoms with E-state index >= 15 is 0 Å². The van der Waals surface area contributed by atoms with Crippen LogP contribution in [0, 0.1) is 0 Å². The monoisotopic (exact) mass is 500 g/mol. The van der Waals surface area contributed by atoms with Crippen LogP contribution in [0.5, 0.6) is 0 Å². The van der Waals surface area contributed by atoms with Gasteiger partial charge in [-0.2, -0.15) is 0 Å². The Labute approximate surface area is 153 Å². The third-order valence-electron chi connectivity index (χ3n) is 3.42. The Morgan fingerprint density at radius 1 is 1.00 bits per heavy atom. The number of esters is 1. The van der Waals surface area contributed by atoms with Crippen LogP contribution in [0.25, 0.3) is 0 Å². The van der Waals surface area contributed by atoms with E-state index in [0.29, 0.717) is 13.0 Å². The first-order chi connectivity index (χ1) is 7.35. The van der Waals surface area contributed by atoms with Crippen molar-refractivity contribution in [1.82, 2.24) is 0 Å². The SMILES string of the molecule is CC(C)(CC(=O)OCC[N+](C)(C)C)[N+](C)(C)C.[I-].[I-]. The van der Waals surface area contributed by atoms with Crippen LogP contribution in [0.3, 0.4) is 0 Å². The molecule has 0 aliphatic rings. The Morgan fingerprint density at radius 3 is 1.74 bits per heavy atom. The molecule has 6 heteroatoms. The van der Waals surface area contributed by atoms with Crippen molar-refractivity contribution in [2.24, 2.45) is 0 Å². The smallest absolute Gasteiger partial charge is 0.312 e. The number of quaternary nitrogens is 2. The number of hydrogen-bond donors (Lipinski definition) is 0. The van der Waals surface area contributed by atoms with Crippen molar-refractivity contribution in [1.29, 1.82) is 0 Å². The van der Waals surface area contributed by atoms with Crippen molar-refractivity contribution in [3.8, 4) is 0 Å². The first-order valence-corrected chi connectivity index (χ1v) is 6.13. The number of likely N-dealkylation sites (N-methyl/N-ethyl adjacent to an activating group) is 1. The summed E-state index contributed by atoms with van der Waals surface area (Å²) in [6, 6.07) is 0. The van der Waals surface area contributed by atoms with Crippen LogP contribution in [0.4, 0.5) is 0 Å². The van der Waals surface area contributed by atoms with Crippen LogP contribution in [0.1, 0.15) is 20.3 Å². The minimum absolute atomic E-state index is 0. The van der Waals surface area contributed by atoms with Crippen LogP contribution in [-0.2, 0) is 9.53 Å². The lowest BCUT2D eigenvalue weighted by Crippen LogP contribution is -3.00. The number of halogens is 2. The quantitative estimate of drug-likeness (QED) is 0.208. The maximum atomic E-state index is 11.8. The molecule has 118 valence electrons. The molecular formula is C13H30I2N2O2. The second-order valence-electron chi connectivity index (χ2n) is 7.24. The molecule has 0 atom stereocenters. The molecule has 0 aliphatic heterocycles. The standard InChI is InChI=1S/C13H30N2O2.2HI/c1-13(2,15(6,7)8)11-12(16)17-10-9-14(3,4)5;;/h9-11H2,1-8H3;2*1H/q+2;;/p-2. The average Bonchev–Trinajstić information content (AvgIpc) is 1.97. The fraction of sp³-hybridized carbons (Fsp3) is 0.923. The normalized spacial score (nSPS) is 12.2. The number of hydrogen-bond acceptors (Lipinski definition) is 2. The minimum atomic E-state index is -0.103. The number of ether oxygens (including phenoxy) is 1. The van der Waals surface area contributed by atoms with E-state index < -0.39 is 0 Å². The Morgan fingerprint density at radius 2 is 1.42 bits per heavy atom. The number of carbonyl (C=O) groups excluding carboxylic acids is 1. The zero-order chi connectivity index (χ0) is 13.9. The summed E-state index contributed by atoms with van der Waals surface area (Å²) in [5.74, 6) is -0.100. The Hall–Kier alpha value is 0.850. The molecule has 0 aromatic rings. The molecule has 0 N–H and O–H groups in total. The predicted octanol–water partition coefficient (Wildman–Crippen LogP) is -4.88. The summed E-state index contributed by atoms with van der Waals surface area (Å²) in [6.45, 7) is 5.52. The molecule has 0 bridgehead atoms. The van der Waals surface area contributed by atoms with Crippen molar-refractivity contribution in [3.63, 3.8) is 0 Å². The van der Waals surface area contributed by atoms with Gasteiger partial charge in [-0.3, -0.25) is 4.79 Å². The maximum Gasteiger partial charge on any atom is 0.312 e. The van der Waals surface area contributed by atoms with Crippen molar-refractivity contribution in [3.05, 3.63) is 0 Å². The van der Waals surface area contributed by atoms with Crippen LogP contribution in [0.15, 0.2) is 0 Å². The summed E-state index contributed by atoms with van der Waals surface area (Å²) in [6.07, 6.45) is 0.452. The van der Waals surface area contributed by atoms with Gasteiger partial charge in [0.1, 0.15) is 18.7 Å². The lowest BCUT2D eigenvalue weighted by atomic mass is 9.97. The summed E-state index contributed by atoms with van der Waals surface area (Å²) >= 11 is 0. The lowest BCUT2D eigenvalue weighted by Gasteiger charge is -2.40. The molecule has 0 spiro atoms. The summed E-state index contributed by atoms with van der Waals surface area (Å²) in [4.78, 5) is 11.8. The summed E-state index contributed by atoms with van der Waals surface area (Å²) in [5, 5.41) is 0. The fourth-order valence-electron chi connectivity index (χ4n) is 1.07. The van der Waals surface area contributed by atoms with Gasteiger partial charge in [-0.15, -0.1) is 0 Å². The highest BCUT2D eigenvalue weighted by atomic mass is 127. The van der Waals surface area contributed by atoms with E-state index in [2.05, 4.69) is 56.1 Å². The fourth-order valence-corrected chi connectivity index (χ4v) is 1.07. The van der Waals surface area contributed by atoms with Crippen LogP contribution < -0.4 is 48.0 Å². The van der Waals surface area contributed by atoms with E-state index in [-0.39, 0.29) is 59.5 Å². The second kappa shape index (κ2) is 8.99. The Bertz CT molecular complexity index is 269. The lowest BCUT2D eigenvalue weighted by molar-refractivity contribution is -0.919. The van der Waals surface area contributed by atoms with E-state index in [0.717, 1.165) is 15.5 Å². The van der Waals surface area contributed by atoms with E-state index in [4.69, 9.17) is 4.74 Å². The molecule has 19 heavy (non-hydrogen) atoms. The molecule has 0 aliphatic carbocycles. The highest BCUT2D eigenvalue weighted by Gasteiger charge is 2.35. The average molecular weight is 500 g/mol. The molecule has 0 fully saturated rings. The minimum Gasteiger partial charge on any atom is -1.00 e. The van der Waals surface area contributed by atoms with Gasteiger partial charge >= 0.3 is 5.97 Å². The molecule has 0 amide bonds. The highest BCUT2D eigenvalue weighted by molar-refractivity contribution is 5.70. The predicted molar refractivity (Wildman–Crippen MR) is 70.6 cm³/mol. The summed E-state index contributed by atoms with van der Waals surface area (Å²) in [5.41, 5.74) is -0.103. The van der Waals surface area contributed by atoms with Crippen LogP contribution >= 0.6 is 0 Å². The third kappa shape index (κ3) is 11.2. The van der Waals surface area contributed by atoms with Gasteiger partial charge in [0.2, 0.25) is 0 Å². The van der Waals surface area contributed by atoms with E-state index in [9.17, 15) is 4.79 Å². The summed E-state index contributed by atoms with van der Waals surface area (Å²) in [7, 11) is 12.6. The Kier molecular flexibility index (Phi) is 11.8. The molecule has 0 aromatic carbocycles. The van der Waals surface area contributed by atoms with Gasteiger partial charge < -0.3 is 61.7 Å². The van der Waals surface area contributed by atoms with Gasteiger partial charge in [0.25, 0.3) is 0 Å². The van der Waals surface area contributed by atoms with Crippen molar-refractivity contribution in [2.45, 2.75) is 25.8 Å². The molecule has 0 unspecified atom stereocenters. The van der Waals surface area contributed by atoms with Gasteiger partial charge in [0, 0.05) is 0 Å². The first kappa shape index (κ1) is 24.8. The topological polar surface area (TPSA) is 26.3 Å². The van der Waals surface area contributed by atoms with E-state index in [1.54, 1.807) is 0 Å². The third-order valence-corrected chi connectivity index (χ3v) is 3.42. The maximum absolute atomic E-state index is 11.8. The summed E-state index contributed by atoms with van der Waals surface area (Å²) < 4.78 is 6.84. The van der Waals surface area contributed by atoms with Gasteiger partial charge in [0.15, 0.2) is 0 Å². The van der Waals surface area contributed by atoms with Gasteiger partial charge in [0.05, 0.1) is 48.7 Å². The zero-order valence-corrected chi connectivity index (χ0v) is 17.9. The largest absolute Gasteiger partial charge is 1.00 e. The van der Waals surface area contributed by atoms with E-state index in [1.807, 2.05) is 0 Å². The second-order valence-corrected chi connectivity index (χ2v) is 7.24. The highest BCUT2D eigenvalue weighted by Crippen LogP contribution is 2.22. The molecule has 0 rings (SSSR count). The molecule has 4 nitrogen and oxygen atoms in total. The number of carbonyl (C=O) groups is 1. The molecule has 0 radical (unpaired) electrons. The molecule has 0 heterocycles. The van der Waals surface area contributed by atoms with Crippen molar-refractivity contribution >= 4 is 5.97 Å². The van der Waals surface area contributed by atoms with Crippen molar-refractivity contribution in [2.75, 3.05) is 55.4 Å². The Balaban J connectivity index is -0.00000128. The van der Waals surface area contributed by atoms with Gasteiger partial charge in [-0.25, -0.2) is 0 Å². The van der Waals surface area contributed by atoms with Gasteiger partial charge in [-0.1, -0.05) is 0 Å². The first-order valence-electron chi connectivity index (χ1n) is 6.13. The van der Waals surface area contributed by atoms with Gasteiger partial charge in [-0.05, 0) is 13.8 Å². The number of rotatable bonds is 6. The number of nitrogens with zero attached hydrogens (tertiary/aromatic N) is 2.